The molecule has 0 saturated heterocycles. The number of halogens is 1. The van der Waals surface area contributed by atoms with Crippen molar-refractivity contribution < 1.29 is 8.42 Å². The van der Waals surface area contributed by atoms with Crippen molar-refractivity contribution in [2.75, 3.05) is 18.1 Å². The molecule has 0 spiro atoms. The first-order valence-electron chi connectivity index (χ1n) is 5.94. The molecule has 2 N–H and O–H groups in total. The third-order valence-electron chi connectivity index (χ3n) is 2.49. The van der Waals surface area contributed by atoms with Crippen molar-refractivity contribution in [2.24, 2.45) is 0 Å². The highest BCUT2D eigenvalue weighted by Crippen LogP contribution is 2.28. The van der Waals surface area contributed by atoms with Gasteiger partial charge in [-0.05, 0) is 32.0 Å². The zero-order valence-electron chi connectivity index (χ0n) is 11.4. The van der Waals surface area contributed by atoms with E-state index in [2.05, 4.69) is 31.0 Å². The lowest BCUT2D eigenvalue weighted by Gasteiger charge is -2.25. The molecule has 0 saturated carbocycles. The molecule has 0 unspecified atom stereocenters. The van der Waals surface area contributed by atoms with E-state index in [0.29, 0.717) is 6.54 Å². The Hall–Kier alpha value is -0.700. The van der Waals surface area contributed by atoms with Gasteiger partial charge in [0.15, 0.2) is 5.13 Å². The summed E-state index contributed by atoms with van der Waals surface area (Å²) in [5.41, 5.74) is 0.348. The average Bonchev–Trinajstić information content (AvgIpc) is 2.65. The number of nitrogens with one attached hydrogen (secondary N) is 2. The van der Waals surface area contributed by atoms with Crippen molar-refractivity contribution >= 4 is 52.6 Å². The van der Waals surface area contributed by atoms with Gasteiger partial charge in [-0.15, -0.1) is 0 Å². The summed E-state index contributed by atoms with van der Waals surface area (Å²) >= 11 is 4.97. The largest absolute Gasteiger partial charge is 0.360 e. The number of sulfonamides is 1. The molecule has 0 amide bonds. The number of aromatic nitrogens is 1. The lowest BCUT2D eigenvalue weighted by atomic mass is 10.1. The molecule has 0 aliphatic rings. The van der Waals surface area contributed by atoms with E-state index in [-0.39, 0.29) is 0 Å². The topological polar surface area (TPSA) is 71.1 Å². The van der Waals surface area contributed by atoms with Crippen LogP contribution < -0.4 is 10.0 Å². The normalized spacial score (nSPS) is 12.8. The van der Waals surface area contributed by atoms with Gasteiger partial charge in [-0.25, -0.2) is 18.1 Å². The Morgan fingerprint density at radius 3 is 2.75 bits per heavy atom. The maximum atomic E-state index is 11.3. The molecule has 20 heavy (non-hydrogen) atoms. The third kappa shape index (κ3) is 4.41. The molecular formula is C12H16BrN3O2S2. The number of rotatable bonds is 5. The maximum Gasteiger partial charge on any atom is 0.209 e. The van der Waals surface area contributed by atoms with Crippen LogP contribution in [0.3, 0.4) is 0 Å². The van der Waals surface area contributed by atoms with Crippen LogP contribution in [-0.2, 0) is 10.0 Å². The third-order valence-corrected chi connectivity index (χ3v) is 4.89. The first kappa shape index (κ1) is 15.7. The molecule has 1 aromatic heterocycles. The van der Waals surface area contributed by atoms with Crippen LogP contribution >= 0.6 is 27.3 Å². The molecule has 0 aliphatic carbocycles. The van der Waals surface area contributed by atoms with Crippen LogP contribution in [0.2, 0.25) is 0 Å². The van der Waals surface area contributed by atoms with Gasteiger partial charge in [-0.2, -0.15) is 0 Å². The van der Waals surface area contributed by atoms with E-state index in [9.17, 15) is 8.42 Å². The standard InChI is InChI=1S/C12H16BrN3O2S2/c1-12(2,16-20(3,17)18)7-14-11-15-9-5-4-8(13)6-10(9)19-11/h4-6,16H,7H2,1-3H3,(H,14,15). The first-order valence-corrected chi connectivity index (χ1v) is 9.44. The number of nitrogens with zero attached hydrogens (tertiary/aromatic N) is 1. The van der Waals surface area contributed by atoms with Crippen LogP contribution in [0.4, 0.5) is 5.13 Å². The van der Waals surface area contributed by atoms with Gasteiger partial charge in [0, 0.05) is 16.6 Å². The van der Waals surface area contributed by atoms with Crippen molar-refractivity contribution in [1.82, 2.24) is 9.71 Å². The van der Waals surface area contributed by atoms with Gasteiger partial charge in [-0.3, -0.25) is 0 Å². The van der Waals surface area contributed by atoms with E-state index >= 15 is 0 Å². The fourth-order valence-electron chi connectivity index (χ4n) is 1.81. The van der Waals surface area contributed by atoms with Crippen LogP contribution in [0.15, 0.2) is 22.7 Å². The number of hydrogen-bond acceptors (Lipinski definition) is 5. The molecule has 0 fully saturated rings. The summed E-state index contributed by atoms with van der Waals surface area (Å²) in [6, 6.07) is 5.90. The van der Waals surface area contributed by atoms with Gasteiger partial charge in [0.25, 0.3) is 0 Å². The van der Waals surface area contributed by atoms with Crippen LogP contribution in [0.25, 0.3) is 10.2 Å². The smallest absolute Gasteiger partial charge is 0.209 e. The number of benzene rings is 1. The van der Waals surface area contributed by atoms with Crippen LogP contribution in [0.5, 0.6) is 0 Å². The number of thiazole rings is 1. The van der Waals surface area contributed by atoms with Crippen molar-refractivity contribution in [3.63, 3.8) is 0 Å². The van der Waals surface area contributed by atoms with E-state index in [1.807, 2.05) is 32.0 Å². The molecule has 1 heterocycles. The molecule has 0 bridgehead atoms. The second-order valence-corrected chi connectivity index (χ2v) is 8.94. The van der Waals surface area contributed by atoms with Crippen molar-refractivity contribution in [3.8, 4) is 0 Å². The highest BCUT2D eigenvalue weighted by atomic mass is 79.9. The van der Waals surface area contributed by atoms with E-state index in [0.717, 1.165) is 26.1 Å². The Balaban J connectivity index is 2.09. The molecule has 1 aromatic carbocycles. The summed E-state index contributed by atoms with van der Waals surface area (Å²) in [5.74, 6) is 0. The fourth-order valence-corrected chi connectivity index (χ4v) is 4.30. The highest BCUT2D eigenvalue weighted by Gasteiger charge is 2.22. The molecule has 8 heteroatoms. The number of fused-ring (bicyclic) bond motifs is 1. The summed E-state index contributed by atoms with van der Waals surface area (Å²) in [7, 11) is -3.23. The summed E-state index contributed by atoms with van der Waals surface area (Å²) in [4.78, 5) is 4.46. The van der Waals surface area contributed by atoms with E-state index in [4.69, 9.17) is 0 Å². The molecule has 2 aromatic rings. The molecule has 5 nitrogen and oxygen atoms in total. The molecule has 0 aliphatic heterocycles. The minimum atomic E-state index is -3.23. The lowest BCUT2D eigenvalue weighted by molar-refractivity contribution is 0.476. The van der Waals surface area contributed by atoms with Crippen molar-refractivity contribution in [1.29, 1.82) is 0 Å². The summed E-state index contributed by atoms with van der Waals surface area (Å²) in [5, 5.41) is 3.96. The minimum absolute atomic E-state index is 0.459. The molecular weight excluding hydrogens is 362 g/mol. The lowest BCUT2D eigenvalue weighted by Crippen LogP contribution is -2.47. The second kappa shape index (κ2) is 5.59. The Morgan fingerprint density at radius 1 is 1.40 bits per heavy atom. The van der Waals surface area contributed by atoms with Gasteiger partial charge in [0.1, 0.15) is 0 Å². The molecule has 0 atom stereocenters. The predicted octanol–water partition coefficient (Wildman–Crippen LogP) is 2.80. The average molecular weight is 378 g/mol. The van der Waals surface area contributed by atoms with Gasteiger partial charge >= 0.3 is 0 Å². The molecule has 2 rings (SSSR count). The number of anilines is 1. The quantitative estimate of drug-likeness (QED) is 0.840. The van der Waals surface area contributed by atoms with E-state index in [1.54, 1.807) is 11.3 Å². The minimum Gasteiger partial charge on any atom is -0.360 e. The summed E-state index contributed by atoms with van der Waals surface area (Å²) in [6.45, 7) is 4.11. The zero-order chi connectivity index (χ0) is 15.0. The summed E-state index contributed by atoms with van der Waals surface area (Å²) < 4.78 is 27.2. The first-order chi connectivity index (χ1) is 9.15. The van der Waals surface area contributed by atoms with Gasteiger partial charge in [0.05, 0.1) is 16.5 Å². The van der Waals surface area contributed by atoms with Gasteiger partial charge in [-0.1, -0.05) is 27.3 Å². The fraction of sp³-hybridized carbons (Fsp3) is 0.417. The Kier molecular flexibility index (Phi) is 4.38. The van der Waals surface area contributed by atoms with Crippen LogP contribution in [0.1, 0.15) is 13.8 Å². The van der Waals surface area contributed by atoms with Gasteiger partial charge < -0.3 is 5.32 Å². The number of hydrogen-bond donors (Lipinski definition) is 2. The predicted molar refractivity (Wildman–Crippen MR) is 87.9 cm³/mol. The maximum absolute atomic E-state index is 11.3. The SMILES string of the molecule is CC(C)(CNc1nc2ccc(Br)cc2s1)NS(C)(=O)=O. The van der Waals surface area contributed by atoms with Crippen LogP contribution in [0, 0.1) is 0 Å². The van der Waals surface area contributed by atoms with E-state index < -0.39 is 15.6 Å². The zero-order valence-corrected chi connectivity index (χ0v) is 14.6. The molecule has 0 radical (unpaired) electrons. The van der Waals surface area contributed by atoms with E-state index in [1.165, 1.54) is 0 Å². The second-order valence-electron chi connectivity index (χ2n) is 5.24. The highest BCUT2D eigenvalue weighted by molar-refractivity contribution is 9.10. The Bertz CT molecular complexity index is 725. The Morgan fingerprint density at radius 2 is 2.10 bits per heavy atom. The monoisotopic (exact) mass is 377 g/mol. The van der Waals surface area contributed by atoms with Crippen LogP contribution in [-0.4, -0.2) is 31.7 Å². The molecule has 110 valence electrons. The summed E-state index contributed by atoms with van der Waals surface area (Å²) in [6.07, 6.45) is 1.16. The Labute approximate surface area is 131 Å². The van der Waals surface area contributed by atoms with Gasteiger partial charge in [0.2, 0.25) is 10.0 Å². The van der Waals surface area contributed by atoms with Crippen molar-refractivity contribution in [2.45, 2.75) is 19.4 Å². The van der Waals surface area contributed by atoms with Crippen molar-refractivity contribution in [3.05, 3.63) is 22.7 Å².